The molecule has 1 fully saturated rings. The average Bonchev–Trinajstić information content (AvgIpc) is 2.03. The van der Waals surface area contributed by atoms with Crippen LogP contribution in [0.5, 0.6) is 0 Å². The van der Waals surface area contributed by atoms with Gasteiger partial charge in [0.15, 0.2) is 0 Å². The van der Waals surface area contributed by atoms with Crippen molar-refractivity contribution in [3.63, 3.8) is 0 Å². The van der Waals surface area contributed by atoms with Gasteiger partial charge in [0.25, 0.3) is 0 Å². The first kappa shape index (κ1) is 8.72. The third kappa shape index (κ3) is 2.29. The van der Waals surface area contributed by atoms with E-state index in [1.54, 1.807) is 0 Å². The number of Topliss-reactive ketones (excluding diaryl/α,β-unsaturated/α-hetero) is 1. The summed E-state index contributed by atoms with van der Waals surface area (Å²) in [5.74, 6) is 0.890. The van der Waals surface area contributed by atoms with E-state index in [-0.39, 0.29) is 6.10 Å². The molecule has 11 heavy (non-hydrogen) atoms. The van der Waals surface area contributed by atoms with E-state index in [2.05, 4.69) is 13.8 Å². The lowest BCUT2D eigenvalue weighted by Gasteiger charge is -2.26. The molecular weight excluding hydrogens is 140 g/mol. The summed E-state index contributed by atoms with van der Waals surface area (Å²) >= 11 is 0. The van der Waals surface area contributed by atoms with Gasteiger partial charge in [-0.25, -0.2) is 0 Å². The van der Waals surface area contributed by atoms with Crippen LogP contribution in [0.1, 0.15) is 33.1 Å². The second-order valence-electron chi connectivity index (χ2n) is 3.29. The van der Waals surface area contributed by atoms with Gasteiger partial charge in [0, 0.05) is 12.8 Å². The van der Waals surface area contributed by atoms with Gasteiger partial charge in [-0.1, -0.05) is 20.3 Å². The highest BCUT2D eigenvalue weighted by atomic mass is 16.5. The molecule has 2 nitrogen and oxygen atoms in total. The number of hydrogen-bond acceptors (Lipinski definition) is 2. The van der Waals surface area contributed by atoms with E-state index in [0.29, 0.717) is 31.1 Å². The molecule has 2 heteroatoms. The Bertz CT molecular complexity index is 142. The van der Waals surface area contributed by atoms with Gasteiger partial charge in [-0.3, -0.25) is 4.79 Å². The highest BCUT2D eigenvalue weighted by Gasteiger charge is 2.23. The quantitative estimate of drug-likeness (QED) is 0.609. The van der Waals surface area contributed by atoms with Crippen molar-refractivity contribution >= 4 is 5.78 Å². The van der Waals surface area contributed by atoms with Crippen molar-refractivity contribution in [1.29, 1.82) is 0 Å². The highest BCUT2D eigenvalue weighted by Crippen LogP contribution is 2.19. The molecule has 0 radical (unpaired) electrons. The fourth-order valence-corrected chi connectivity index (χ4v) is 1.34. The molecule has 2 unspecified atom stereocenters. The molecule has 0 N–H and O–H groups in total. The van der Waals surface area contributed by atoms with Crippen molar-refractivity contribution in [3.05, 3.63) is 0 Å². The largest absolute Gasteiger partial charge is 0.377 e. The number of ether oxygens (including phenoxy) is 1. The first-order valence-electron chi connectivity index (χ1n) is 4.37. The normalized spacial score (nSPS) is 28.5. The smallest absolute Gasteiger partial charge is 0.137 e. The minimum atomic E-state index is 0.196. The molecule has 0 amide bonds. The van der Waals surface area contributed by atoms with Crippen LogP contribution in [0.2, 0.25) is 0 Å². The summed E-state index contributed by atoms with van der Waals surface area (Å²) in [5, 5.41) is 0. The van der Waals surface area contributed by atoms with Gasteiger partial charge in [-0.15, -0.1) is 0 Å². The van der Waals surface area contributed by atoms with Crippen LogP contribution >= 0.6 is 0 Å². The van der Waals surface area contributed by atoms with Gasteiger partial charge in [0.1, 0.15) is 5.78 Å². The molecule has 1 aliphatic heterocycles. The highest BCUT2D eigenvalue weighted by molar-refractivity contribution is 5.79. The van der Waals surface area contributed by atoms with Gasteiger partial charge in [0.2, 0.25) is 0 Å². The molecule has 0 bridgehead atoms. The number of ketones is 1. The van der Waals surface area contributed by atoms with Crippen molar-refractivity contribution in [2.75, 3.05) is 6.61 Å². The molecular formula is C9H16O2. The molecule has 0 aromatic heterocycles. The molecule has 0 saturated carbocycles. The first-order chi connectivity index (χ1) is 5.24. The van der Waals surface area contributed by atoms with E-state index in [4.69, 9.17) is 4.74 Å². The maximum absolute atomic E-state index is 11.0. The van der Waals surface area contributed by atoms with Gasteiger partial charge < -0.3 is 4.74 Å². The molecule has 1 heterocycles. The number of carbonyl (C=O) groups is 1. The Hall–Kier alpha value is -0.370. The molecule has 0 spiro atoms. The molecule has 0 aromatic carbocycles. The molecule has 64 valence electrons. The third-order valence-corrected chi connectivity index (χ3v) is 2.42. The van der Waals surface area contributed by atoms with Crippen LogP contribution in [-0.4, -0.2) is 18.5 Å². The summed E-state index contributed by atoms with van der Waals surface area (Å²) in [5.41, 5.74) is 0. The molecule has 2 atom stereocenters. The van der Waals surface area contributed by atoms with E-state index in [1.165, 1.54) is 0 Å². The van der Waals surface area contributed by atoms with Crippen molar-refractivity contribution in [2.24, 2.45) is 5.92 Å². The van der Waals surface area contributed by atoms with Crippen molar-refractivity contribution < 1.29 is 9.53 Å². The van der Waals surface area contributed by atoms with Gasteiger partial charge in [0.05, 0.1) is 12.7 Å². The maximum atomic E-state index is 11.0. The molecule has 1 saturated heterocycles. The Morgan fingerprint density at radius 3 is 3.00 bits per heavy atom. The summed E-state index contributed by atoms with van der Waals surface area (Å²) in [6.45, 7) is 4.91. The van der Waals surface area contributed by atoms with E-state index in [1.807, 2.05) is 0 Å². The zero-order valence-corrected chi connectivity index (χ0v) is 7.30. The van der Waals surface area contributed by atoms with Gasteiger partial charge >= 0.3 is 0 Å². The predicted molar refractivity (Wildman–Crippen MR) is 43.4 cm³/mol. The van der Waals surface area contributed by atoms with Gasteiger partial charge in [-0.2, -0.15) is 0 Å². The summed E-state index contributed by atoms with van der Waals surface area (Å²) < 4.78 is 5.48. The van der Waals surface area contributed by atoms with Gasteiger partial charge in [-0.05, 0) is 5.92 Å². The molecule has 0 aliphatic carbocycles. The SMILES string of the molecule is CCC(C)C1CC(=O)CCO1. The van der Waals surface area contributed by atoms with E-state index in [9.17, 15) is 4.79 Å². The Kier molecular flexibility index (Phi) is 3.06. The summed E-state index contributed by atoms with van der Waals surface area (Å²) in [6.07, 6.45) is 2.54. The second-order valence-corrected chi connectivity index (χ2v) is 3.29. The van der Waals surface area contributed by atoms with E-state index >= 15 is 0 Å². The maximum Gasteiger partial charge on any atom is 0.137 e. The topological polar surface area (TPSA) is 26.3 Å². The predicted octanol–water partition coefficient (Wildman–Crippen LogP) is 1.78. The first-order valence-corrected chi connectivity index (χ1v) is 4.37. The lowest BCUT2D eigenvalue weighted by atomic mass is 9.95. The summed E-state index contributed by atoms with van der Waals surface area (Å²) in [6, 6.07) is 0. The Balaban J connectivity index is 2.39. The average molecular weight is 156 g/mol. The molecule has 1 rings (SSSR count). The second kappa shape index (κ2) is 3.86. The standard InChI is InChI=1S/C9H16O2/c1-3-7(2)9-6-8(10)4-5-11-9/h7,9H,3-6H2,1-2H3. The molecule has 1 aliphatic rings. The summed E-state index contributed by atoms with van der Waals surface area (Å²) in [7, 11) is 0. The van der Waals surface area contributed by atoms with Crippen LogP contribution in [-0.2, 0) is 9.53 Å². The lowest BCUT2D eigenvalue weighted by molar-refractivity contribution is -0.130. The number of hydrogen-bond donors (Lipinski definition) is 0. The third-order valence-electron chi connectivity index (χ3n) is 2.42. The Morgan fingerprint density at radius 1 is 1.73 bits per heavy atom. The fraction of sp³-hybridized carbons (Fsp3) is 0.889. The van der Waals surface area contributed by atoms with Crippen LogP contribution < -0.4 is 0 Å². The minimum Gasteiger partial charge on any atom is -0.377 e. The fourth-order valence-electron chi connectivity index (χ4n) is 1.34. The molecule has 0 aromatic rings. The van der Waals surface area contributed by atoms with E-state index < -0.39 is 0 Å². The number of rotatable bonds is 2. The van der Waals surface area contributed by atoms with Crippen molar-refractivity contribution in [1.82, 2.24) is 0 Å². The summed E-state index contributed by atoms with van der Waals surface area (Å²) in [4.78, 5) is 11.0. The Morgan fingerprint density at radius 2 is 2.45 bits per heavy atom. The van der Waals surface area contributed by atoms with Crippen LogP contribution in [0.25, 0.3) is 0 Å². The van der Waals surface area contributed by atoms with Crippen molar-refractivity contribution in [2.45, 2.75) is 39.2 Å². The van der Waals surface area contributed by atoms with Crippen LogP contribution in [0.3, 0.4) is 0 Å². The zero-order chi connectivity index (χ0) is 8.27. The lowest BCUT2D eigenvalue weighted by Crippen LogP contribution is -2.30. The van der Waals surface area contributed by atoms with Crippen LogP contribution in [0, 0.1) is 5.92 Å². The van der Waals surface area contributed by atoms with Crippen LogP contribution in [0.4, 0.5) is 0 Å². The van der Waals surface area contributed by atoms with Crippen molar-refractivity contribution in [3.8, 4) is 0 Å². The van der Waals surface area contributed by atoms with Crippen LogP contribution in [0.15, 0.2) is 0 Å². The van der Waals surface area contributed by atoms with E-state index in [0.717, 1.165) is 6.42 Å². The number of carbonyl (C=O) groups excluding carboxylic acids is 1. The Labute approximate surface area is 67.9 Å². The monoisotopic (exact) mass is 156 g/mol. The minimum absolute atomic E-state index is 0.196. The zero-order valence-electron chi connectivity index (χ0n) is 7.30.